The molecule has 7 aromatic carbocycles. The van der Waals surface area contributed by atoms with Gasteiger partial charge in [0.25, 0.3) is 0 Å². The van der Waals surface area contributed by atoms with Crippen LogP contribution in [0.25, 0.3) is 76.9 Å². The number of benzene rings is 7. The molecule has 0 saturated heterocycles. The minimum absolute atomic E-state index is 0.0382. The first-order valence-corrected chi connectivity index (χ1v) is 12.5. The fourth-order valence-electron chi connectivity index (χ4n) is 5.41. The Morgan fingerprint density at radius 2 is 0.974 bits per heavy atom. The molecule has 0 aliphatic rings. The Balaban J connectivity index is 1.57. The molecule has 0 radical (unpaired) electrons. The first-order valence-electron chi connectivity index (χ1n) is 18.0. The van der Waals surface area contributed by atoms with Crippen molar-refractivity contribution in [2.75, 3.05) is 0 Å². The summed E-state index contributed by atoms with van der Waals surface area (Å²) in [6, 6.07) is 19.6. The Hall–Kier alpha value is -5.14. The summed E-state index contributed by atoms with van der Waals surface area (Å²) in [7, 11) is 0. The molecule has 0 spiro atoms. The molecule has 182 valence electrons. The van der Waals surface area contributed by atoms with Gasteiger partial charge in [-0.05, 0) is 73.1 Å². The first-order chi connectivity index (χ1) is 24.0. The van der Waals surface area contributed by atoms with E-state index in [-0.39, 0.29) is 69.8 Å². The predicted octanol–water partition coefficient (Wildman–Crippen LogP) is 10.9. The van der Waals surface area contributed by atoms with E-state index < -0.39 is 24.2 Å². The maximum atomic E-state index is 9.41. The molecule has 8 aromatic rings. The van der Waals surface area contributed by atoms with Gasteiger partial charge in [-0.3, -0.25) is 0 Å². The maximum Gasteiger partial charge on any atom is 0.136 e. The van der Waals surface area contributed by atoms with Crippen molar-refractivity contribution in [3.05, 3.63) is 145 Å². The Labute approximate surface area is 242 Å². The zero-order valence-electron chi connectivity index (χ0n) is 31.4. The third-order valence-corrected chi connectivity index (χ3v) is 7.07. The van der Waals surface area contributed by atoms with Crippen LogP contribution in [0.5, 0.6) is 0 Å². The zero-order valence-corrected chi connectivity index (χ0v) is 20.4. The molecule has 0 bridgehead atoms. The van der Waals surface area contributed by atoms with Crippen molar-refractivity contribution < 1.29 is 19.5 Å². The van der Waals surface area contributed by atoms with Gasteiger partial charge in [0.1, 0.15) is 11.2 Å². The molecule has 0 saturated carbocycles. The van der Waals surface area contributed by atoms with E-state index in [1.165, 1.54) is 0 Å². The second-order valence-corrected chi connectivity index (χ2v) is 9.22. The molecular formula is C38H24O. The average Bonchev–Trinajstić information content (AvgIpc) is 3.55. The van der Waals surface area contributed by atoms with E-state index in [0.29, 0.717) is 49.4 Å². The van der Waals surface area contributed by atoms with E-state index in [0.717, 1.165) is 0 Å². The fourth-order valence-corrected chi connectivity index (χ4v) is 5.41. The van der Waals surface area contributed by atoms with Gasteiger partial charge in [-0.2, -0.15) is 0 Å². The van der Waals surface area contributed by atoms with Crippen LogP contribution in [0.4, 0.5) is 0 Å². The van der Waals surface area contributed by atoms with Crippen LogP contribution >= 0.6 is 0 Å². The smallest absolute Gasteiger partial charge is 0.136 e. The summed E-state index contributed by atoms with van der Waals surface area (Å²) in [6.07, 6.45) is 0. The Morgan fingerprint density at radius 3 is 1.69 bits per heavy atom. The average molecular weight is 508 g/mol. The van der Waals surface area contributed by atoms with Crippen LogP contribution in [0.2, 0.25) is 0 Å². The molecule has 1 heteroatoms. The lowest BCUT2D eigenvalue weighted by molar-refractivity contribution is 0.669. The largest absolute Gasteiger partial charge is 0.456 e. The van der Waals surface area contributed by atoms with E-state index in [4.69, 9.17) is 15.4 Å². The summed E-state index contributed by atoms with van der Waals surface area (Å²) in [6.45, 7) is 0. The number of rotatable bonds is 3. The monoisotopic (exact) mass is 507 g/mol. The van der Waals surface area contributed by atoms with Crippen molar-refractivity contribution in [2.45, 2.75) is 0 Å². The molecule has 0 unspecified atom stereocenters. The van der Waals surface area contributed by atoms with Crippen molar-refractivity contribution in [1.82, 2.24) is 0 Å². The van der Waals surface area contributed by atoms with Crippen LogP contribution in [0, 0.1) is 0 Å². The van der Waals surface area contributed by atoms with Gasteiger partial charge in [-0.15, -0.1) is 0 Å². The van der Waals surface area contributed by atoms with E-state index in [2.05, 4.69) is 0 Å². The van der Waals surface area contributed by atoms with E-state index >= 15 is 0 Å². The standard InChI is InChI=1S/C38H24O/c1-2-12-25(13-3-1)27-14-4-5-16-30(27)38-33-19-8-6-17-31(33)37(32-18-7-9-20-34(32)38)26-22-23-29-28-15-10-11-21-35(28)39-36(29)24-26/h1-24H/i4D,5D,10D,11D,14D,15D,16D,21D,22D,23D,24D. The summed E-state index contributed by atoms with van der Waals surface area (Å²) in [4.78, 5) is 0. The predicted molar refractivity (Wildman–Crippen MR) is 165 cm³/mol. The molecule has 0 fully saturated rings. The van der Waals surface area contributed by atoms with Crippen molar-refractivity contribution in [3.63, 3.8) is 0 Å². The molecule has 1 nitrogen and oxygen atoms in total. The lowest BCUT2D eigenvalue weighted by Gasteiger charge is -2.19. The fraction of sp³-hybridized carbons (Fsp3) is 0. The molecule has 8 rings (SSSR count). The Morgan fingerprint density at radius 1 is 0.410 bits per heavy atom. The number of furan rings is 1. The van der Waals surface area contributed by atoms with Gasteiger partial charge in [0, 0.05) is 10.8 Å². The summed E-state index contributed by atoms with van der Waals surface area (Å²) in [5, 5.41) is 2.23. The van der Waals surface area contributed by atoms with Crippen molar-refractivity contribution in [2.24, 2.45) is 0 Å². The molecule has 1 heterocycles. The van der Waals surface area contributed by atoms with E-state index in [1.54, 1.807) is 36.4 Å². The first kappa shape index (κ1) is 13.6. The van der Waals surface area contributed by atoms with Crippen LogP contribution < -0.4 is 0 Å². The van der Waals surface area contributed by atoms with E-state index in [9.17, 15) is 4.11 Å². The molecule has 0 N–H and O–H groups in total. The summed E-state index contributed by atoms with van der Waals surface area (Å²) in [5.41, 5.74) is 1.96. The maximum absolute atomic E-state index is 9.41. The second kappa shape index (κ2) is 8.72. The third kappa shape index (κ3) is 3.41. The summed E-state index contributed by atoms with van der Waals surface area (Å²) in [5.74, 6) is 0. The molecule has 39 heavy (non-hydrogen) atoms. The van der Waals surface area contributed by atoms with E-state index in [1.807, 2.05) is 42.5 Å². The Bertz CT molecular complexity index is 2710. The van der Waals surface area contributed by atoms with Gasteiger partial charge >= 0.3 is 0 Å². The van der Waals surface area contributed by atoms with Gasteiger partial charge in [0.2, 0.25) is 0 Å². The van der Waals surface area contributed by atoms with Gasteiger partial charge in [0.05, 0.1) is 15.1 Å². The van der Waals surface area contributed by atoms with Crippen molar-refractivity contribution in [3.8, 4) is 33.4 Å². The zero-order chi connectivity index (χ0) is 35.3. The van der Waals surface area contributed by atoms with Gasteiger partial charge < -0.3 is 4.42 Å². The SMILES string of the molecule is [2H]c1c([2H])c([2H])c(-c2c3ccccc3c(-c3c([2H])c([2H])c4c(oc5c([2H])c([2H])c([2H])c([2H])c54)c3[2H])c3ccccc23)c(-c2ccccc2)c1[2H]. The molecule has 0 amide bonds. The van der Waals surface area contributed by atoms with Crippen LogP contribution in [0.3, 0.4) is 0 Å². The molecule has 0 aliphatic carbocycles. The van der Waals surface area contributed by atoms with Crippen LogP contribution in [-0.4, -0.2) is 0 Å². The van der Waals surface area contributed by atoms with Crippen LogP contribution in [0.15, 0.2) is 150 Å². The molecule has 0 aliphatic heterocycles. The van der Waals surface area contributed by atoms with Gasteiger partial charge in [0.15, 0.2) is 0 Å². The second-order valence-electron chi connectivity index (χ2n) is 9.22. The summed E-state index contributed by atoms with van der Waals surface area (Å²) >= 11 is 0. The van der Waals surface area contributed by atoms with Crippen LogP contribution in [0.1, 0.15) is 15.1 Å². The molecule has 0 atom stereocenters. The number of hydrogen-bond acceptors (Lipinski definition) is 1. The van der Waals surface area contributed by atoms with Gasteiger partial charge in [-0.25, -0.2) is 0 Å². The number of fused-ring (bicyclic) bond motifs is 5. The number of para-hydroxylation sites is 1. The Kier molecular flexibility index (Phi) is 3.04. The van der Waals surface area contributed by atoms with Crippen molar-refractivity contribution in [1.29, 1.82) is 0 Å². The normalized spacial score (nSPS) is 15.5. The third-order valence-electron chi connectivity index (χ3n) is 7.07. The summed E-state index contributed by atoms with van der Waals surface area (Å²) < 4.78 is 102. The lowest BCUT2D eigenvalue weighted by Crippen LogP contribution is -1.92. The lowest BCUT2D eigenvalue weighted by atomic mass is 9.84. The van der Waals surface area contributed by atoms with Gasteiger partial charge in [-0.1, -0.05) is 127 Å². The van der Waals surface area contributed by atoms with Crippen molar-refractivity contribution >= 4 is 43.5 Å². The minimum Gasteiger partial charge on any atom is -0.456 e. The highest BCUT2D eigenvalue weighted by atomic mass is 16.3. The highest BCUT2D eigenvalue weighted by Gasteiger charge is 2.19. The minimum atomic E-state index is -0.507. The highest BCUT2D eigenvalue weighted by molar-refractivity contribution is 6.23. The molecule has 1 aromatic heterocycles. The molecular weight excluding hydrogens is 472 g/mol. The quantitative estimate of drug-likeness (QED) is 0.217. The van der Waals surface area contributed by atoms with Crippen LogP contribution in [-0.2, 0) is 0 Å². The highest BCUT2D eigenvalue weighted by Crippen LogP contribution is 2.46. The number of hydrogen-bond donors (Lipinski definition) is 0. The topological polar surface area (TPSA) is 13.1 Å².